The second-order valence-corrected chi connectivity index (χ2v) is 7.25. The van der Waals surface area contributed by atoms with Gasteiger partial charge in [0.2, 0.25) is 0 Å². The summed E-state index contributed by atoms with van der Waals surface area (Å²) in [5.41, 5.74) is 1.01. The van der Waals surface area contributed by atoms with Gasteiger partial charge in [-0.15, -0.1) is 22.7 Å². The number of thiophene rings is 1. The minimum atomic E-state index is 0.548. The van der Waals surface area contributed by atoms with Gasteiger partial charge in [0.05, 0.1) is 23.2 Å². The minimum Gasteiger partial charge on any atom is -0.378 e. The molecule has 0 aliphatic heterocycles. The van der Waals surface area contributed by atoms with Crippen LogP contribution >= 0.6 is 34.3 Å². The fraction of sp³-hybridized carbons (Fsp3) is 0.462. The van der Waals surface area contributed by atoms with E-state index in [1.165, 1.54) is 9.75 Å². The van der Waals surface area contributed by atoms with Crippen molar-refractivity contribution in [3.05, 3.63) is 31.9 Å². The topological polar surface area (TPSA) is 37.4 Å². The molecule has 0 saturated carbocycles. The summed E-state index contributed by atoms with van der Waals surface area (Å²) in [4.78, 5) is 9.27. The summed E-state index contributed by atoms with van der Waals surface area (Å²) in [7, 11) is 5.68. The lowest BCUT2D eigenvalue weighted by Gasteiger charge is -2.14. The molecule has 2 aromatic rings. The van der Waals surface area contributed by atoms with E-state index in [0.29, 0.717) is 6.61 Å². The van der Waals surface area contributed by atoms with E-state index in [2.05, 4.69) is 21.3 Å². The van der Waals surface area contributed by atoms with E-state index in [1.54, 1.807) is 29.8 Å². The lowest BCUT2D eigenvalue weighted by Crippen LogP contribution is -2.15. The van der Waals surface area contributed by atoms with Crippen LogP contribution in [0.2, 0.25) is 4.34 Å². The fourth-order valence-electron chi connectivity index (χ4n) is 1.82. The van der Waals surface area contributed by atoms with Gasteiger partial charge in [-0.3, -0.25) is 0 Å². The van der Waals surface area contributed by atoms with Crippen LogP contribution in [0.3, 0.4) is 0 Å². The zero-order valence-electron chi connectivity index (χ0n) is 11.8. The molecule has 0 fully saturated rings. The van der Waals surface area contributed by atoms with Gasteiger partial charge >= 0.3 is 0 Å². The highest BCUT2D eigenvalue weighted by molar-refractivity contribution is 7.16. The molecule has 0 radical (unpaired) electrons. The summed E-state index contributed by atoms with van der Waals surface area (Å²) in [5, 5.41) is 4.18. The smallest absolute Gasteiger partial charge is 0.185 e. The number of methoxy groups -OCH3 is 1. The molecule has 7 heteroatoms. The first-order valence-electron chi connectivity index (χ1n) is 6.21. The van der Waals surface area contributed by atoms with Crippen molar-refractivity contribution in [2.45, 2.75) is 19.7 Å². The maximum absolute atomic E-state index is 5.96. The van der Waals surface area contributed by atoms with Gasteiger partial charge in [-0.1, -0.05) is 11.6 Å². The molecule has 1 N–H and O–H groups in total. The Balaban J connectivity index is 2.12. The van der Waals surface area contributed by atoms with Gasteiger partial charge < -0.3 is 15.0 Å². The van der Waals surface area contributed by atoms with E-state index in [9.17, 15) is 0 Å². The number of halogens is 1. The monoisotopic (exact) mass is 331 g/mol. The first-order valence-corrected chi connectivity index (χ1v) is 8.22. The van der Waals surface area contributed by atoms with Crippen LogP contribution in [0.4, 0.5) is 5.13 Å². The SMILES string of the molecule is CNCc1sc(N(C)Cc2ccc(Cl)s2)nc1COC. The Hall–Kier alpha value is -0.660. The lowest BCUT2D eigenvalue weighted by atomic mass is 10.4. The highest BCUT2D eigenvalue weighted by Crippen LogP contribution is 2.29. The molecule has 0 bridgehead atoms. The van der Waals surface area contributed by atoms with Crippen molar-refractivity contribution >= 4 is 39.4 Å². The lowest BCUT2D eigenvalue weighted by molar-refractivity contribution is 0.181. The van der Waals surface area contributed by atoms with Crippen LogP contribution in [0.1, 0.15) is 15.4 Å². The molecule has 110 valence electrons. The highest BCUT2D eigenvalue weighted by Gasteiger charge is 2.14. The molecule has 2 heterocycles. The molecule has 0 aromatic carbocycles. The molecular weight excluding hydrogens is 314 g/mol. The summed E-state index contributed by atoms with van der Waals surface area (Å²) in [6.45, 7) is 2.18. The van der Waals surface area contributed by atoms with Crippen molar-refractivity contribution in [2.24, 2.45) is 0 Å². The van der Waals surface area contributed by atoms with Crippen molar-refractivity contribution < 1.29 is 4.74 Å². The number of aromatic nitrogens is 1. The van der Waals surface area contributed by atoms with Gasteiger partial charge in [0.25, 0.3) is 0 Å². The quantitative estimate of drug-likeness (QED) is 0.844. The second kappa shape index (κ2) is 7.38. The summed E-state index contributed by atoms with van der Waals surface area (Å²) >= 11 is 9.27. The first-order chi connectivity index (χ1) is 9.63. The third-order valence-corrected chi connectivity index (χ3v) is 5.16. The molecule has 0 unspecified atom stereocenters. The Morgan fingerprint density at radius 3 is 2.80 bits per heavy atom. The maximum Gasteiger partial charge on any atom is 0.185 e. The van der Waals surface area contributed by atoms with Crippen molar-refractivity contribution in [3.63, 3.8) is 0 Å². The average Bonchev–Trinajstić information content (AvgIpc) is 2.98. The van der Waals surface area contributed by atoms with Gasteiger partial charge in [0.15, 0.2) is 5.13 Å². The normalized spacial score (nSPS) is 11.0. The van der Waals surface area contributed by atoms with E-state index >= 15 is 0 Å². The number of nitrogens with zero attached hydrogens (tertiary/aromatic N) is 2. The number of hydrogen-bond acceptors (Lipinski definition) is 6. The molecule has 0 saturated heterocycles. The Morgan fingerprint density at radius 2 is 2.20 bits per heavy atom. The largest absolute Gasteiger partial charge is 0.378 e. The zero-order chi connectivity index (χ0) is 14.5. The van der Waals surface area contributed by atoms with Crippen LogP contribution < -0.4 is 10.2 Å². The Bertz CT molecular complexity index is 532. The average molecular weight is 332 g/mol. The second-order valence-electron chi connectivity index (χ2n) is 4.39. The molecule has 0 aliphatic carbocycles. The van der Waals surface area contributed by atoms with E-state index in [4.69, 9.17) is 16.3 Å². The molecule has 0 amide bonds. The van der Waals surface area contributed by atoms with Crippen molar-refractivity contribution in [3.8, 4) is 0 Å². The van der Waals surface area contributed by atoms with Crippen molar-refractivity contribution in [2.75, 3.05) is 26.1 Å². The number of hydrogen-bond donors (Lipinski definition) is 1. The number of anilines is 1. The van der Waals surface area contributed by atoms with Crippen molar-refractivity contribution in [1.29, 1.82) is 0 Å². The van der Waals surface area contributed by atoms with Crippen LogP contribution in [0.15, 0.2) is 12.1 Å². The Morgan fingerprint density at radius 1 is 1.40 bits per heavy atom. The van der Waals surface area contributed by atoms with Crippen molar-refractivity contribution in [1.82, 2.24) is 10.3 Å². The molecule has 0 aliphatic rings. The predicted molar refractivity (Wildman–Crippen MR) is 87.0 cm³/mol. The summed E-state index contributed by atoms with van der Waals surface area (Å²) in [6.07, 6.45) is 0. The van der Waals surface area contributed by atoms with Gasteiger partial charge in [0, 0.05) is 30.5 Å². The first kappa shape index (κ1) is 15.7. The number of thiazole rings is 1. The predicted octanol–water partition coefficient (Wildman–Crippen LogP) is 3.36. The maximum atomic E-state index is 5.96. The Kier molecular flexibility index (Phi) is 5.80. The molecular formula is C13H18ClN3OS2. The van der Waals surface area contributed by atoms with E-state index in [0.717, 1.165) is 28.3 Å². The molecule has 4 nitrogen and oxygen atoms in total. The zero-order valence-corrected chi connectivity index (χ0v) is 14.2. The minimum absolute atomic E-state index is 0.548. The van der Waals surface area contributed by atoms with Gasteiger partial charge in [-0.05, 0) is 19.2 Å². The standard InChI is InChI=1S/C13H18ClN3OS2/c1-15-6-11-10(8-18-3)16-13(20-11)17(2)7-9-4-5-12(14)19-9/h4-5,15H,6-8H2,1-3H3. The fourth-order valence-corrected chi connectivity index (χ4v) is 4.00. The number of nitrogens with one attached hydrogen (secondary N) is 1. The van der Waals surface area contributed by atoms with E-state index in [-0.39, 0.29) is 0 Å². The number of rotatable bonds is 7. The van der Waals surface area contributed by atoms with E-state index < -0.39 is 0 Å². The van der Waals surface area contributed by atoms with Gasteiger partial charge in [0.1, 0.15) is 0 Å². The van der Waals surface area contributed by atoms with Crippen LogP contribution in [0, 0.1) is 0 Å². The van der Waals surface area contributed by atoms with Gasteiger partial charge in [-0.2, -0.15) is 0 Å². The van der Waals surface area contributed by atoms with Crippen LogP contribution in [0.5, 0.6) is 0 Å². The van der Waals surface area contributed by atoms with Crippen LogP contribution in [-0.2, 0) is 24.4 Å². The molecule has 0 spiro atoms. The number of ether oxygens (including phenoxy) is 1. The van der Waals surface area contributed by atoms with E-state index in [1.807, 2.05) is 20.2 Å². The Labute approximate surface area is 132 Å². The summed E-state index contributed by atoms with van der Waals surface area (Å²) in [6, 6.07) is 3.99. The highest BCUT2D eigenvalue weighted by atomic mass is 35.5. The molecule has 20 heavy (non-hydrogen) atoms. The third kappa shape index (κ3) is 3.93. The molecule has 2 aromatic heterocycles. The van der Waals surface area contributed by atoms with Gasteiger partial charge in [-0.25, -0.2) is 4.98 Å². The van der Waals surface area contributed by atoms with Crippen LogP contribution in [-0.4, -0.2) is 26.2 Å². The van der Waals surface area contributed by atoms with Crippen LogP contribution in [0.25, 0.3) is 0 Å². The summed E-state index contributed by atoms with van der Waals surface area (Å²) < 4.78 is 6.03. The molecule has 2 rings (SSSR count). The molecule has 0 atom stereocenters. The third-order valence-electron chi connectivity index (χ3n) is 2.73. The summed E-state index contributed by atoms with van der Waals surface area (Å²) in [5.74, 6) is 0.